The quantitative estimate of drug-likeness (QED) is 0.141. The molecule has 0 unspecified atom stereocenters. The Bertz CT molecular complexity index is 1520. The van der Waals surface area contributed by atoms with Crippen molar-refractivity contribution in [1.29, 1.82) is 0 Å². The molecule has 0 spiro atoms. The molecule has 0 aliphatic heterocycles. The number of hydrogen-bond acceptors (Lipinski definition) is 7. The maximum atomic E-state index is 12.3. The number of hydrazone groups is 1. The molecule has 0 aliphatic carbocycles. The van der Waals surface area contributed by atoms with Crippen LogP contribution in [0.3, 0.4) is 0 Å². The Hall–Kier alpha value is -3.20. The Morgan fingerprint density at radius 1 is 0.857 bits per heavy atom. The SMILES string of the molecule is C/C(=N\NC(=O)CSc1nnc(SCc2cccc3ccccc23)s1)c1ccc2ccccc2c1. The molecule has 35 heavy (non-hydrogen) atoms. The number of rotatable bonds is 8. The molecule has 5 rings (SSSR count). The highest BCUT2D eigenvalue weighted by molar-refractivity contribution is 8.03. The van der Waals surface area contributed by atoms with E-state index in [1.165, 1.54) is 44.8 Å². The van der Waals surface area contributed by atoms with Crippen LogP contribution in [0.25, 0.3) is 21.5 Å². The van der Waals surface area contributed by atoms with Crippen molar-refractivity contribution in [2.75, 3.05) is 5.75 Å². The highest BCUT2D eigenvalue weighted by Crippen LogP contribution is 2.32. The number of amides is 1. The number of nitrogens with one attached hydrogen (secondary N) is 1. The molecule has 0 atom stereocenters. The van der Waals surface area contributed by atoms with E-state index >= 15 is 0 Å². The summed E-state index contributed by atoms with van der Waals surface area (Å²) >= 11 is 4.55. The van der Waals surface area contributed by atoms with Crippen molar-refractivity contribution < 1.29 is 4.79 Å². The maximum absolute atomic E-state index is 12.3. The van der Waals surface area contributed by atoms with Crippen LogP contribution in [-0.2, 0) is 10.5 Å². The van der Waals surface area contributed by atoms with Gasteiger partial charge in [-0.2, -0.15) is 5.10 Å². The number of benzene rings is 4. The van der Waals surface area contributed by atoms with E-state index in [0.29, 0.717) is 0 Å². The van der Waals surface area contributed by atoms with E-state index in [0.717, 1.165) is 31.1 Å². The lowest BCUT2D eigenvalue weighted by atomic mass is 10.0. The minimum Gasteiger partial charge on any atom is -0.272 e. The fourth-order valence-corrected chi connectivity index (χ4v) is 6.47. The first-order chi connectivity index (χ1) is 17.2. The van der Waals surface area contributed by atoms with Crippen LogP contribution >= 0.6 is 34.9 Å². The van der Waals surface area contributed by atoms with Crippen LogP contribution in [0.4, 0.5) is 0 Å². The molecule has 0 saturated carbocycles. The first-order valence-corrected chi connectivity index (χ1v) is 13.8. The summed E-state index contributed by atoms with van der Waals surface area (Å²) in [6, 6.07) is 29.1. The second-order valence-electron chi connectivity index (χ2n) is 7.84. The predicted octanol–water partition coefficient (Wildman–Crippen LogP) is 6.77. The molecule has 0 aliphatic rings. The summed E-state index contributed by atoms with van der Waals surface area (Å²) in [7, 11) is 0. The van der Waals surface area contributed by atoms with Crippen LogP contribution in [0.5, 0.6) is 0 Å². The van der Waals surface area contributed by atoms with Gasteiger partial charge >= 0.3 is 0 Å². The molecule has 0 bridgehead atoms. The van der Waals surface area contributed by atoms with Crippen LogP contribution in [0.1, 0.15) is 18.1 Å². The molecule has 0 radical (unpaired) electrons. The number of aromatic nitrogens is 2. The molecule has 0 saturated heterocycles. The molecule has 0 fully saturated rings. The second-order valence-corrected chi connectivity index (χ2v) is 11.3. The van der Waals surface area contributed by atoms with Gasteiger partial charge in [0.25, 0.3) is 5.91 Å². The first-order valence-electron chi connectivity index (χ1n) is 11.0. The average molecular weight is 515 g/mol. The highest BCUT2D eigenvalue weighted by atomic mass is 32.2. The Morgan fingerprint density at radius 3 is 2.43 bits per heavy atom. The number of carbonyl (C=O) groups excluding carboxylic acids is 1. The summed E-state index contributed by atoms with van der Waals surface area (Å²) < 4.78 is 1.67. The fourth-order valence-electron chi connectivity index (χ4n) is 3.66. The Morgan fingerprint density at radius 2 is 1.57 bits per heavy atom. The van der Waals surface area contributed by atoms with Crippen molar-refractivity contribution in [3.05, 3.63) is 96.1 Å². The van der Waals surface area contributed by atoms with Crippen LogP contribution in [0, 0.1) is 0 Å². The van der Waals surface area contributed by atoms with Crippen molar-refractivity contribution in [3.8, 4) is 0 Å². The van der Waals surface area contributed by atoms with Crippen molar-refractivity contribution >= 4 is 68.0 Å². The van der Waals surface area contributed by atoms with Gasteiger partial charge in [0.05, 0.1) is 11.5 Å². The minimum atomic E-state index is -0.171. The molecular weight excluding hydrogens is 493 g/mol. The Balaban J connectivity index is 1.13. The monoisotopic (exact) mass is 514 g/mol. The van der Waals surface area contributed by atoms with Gasteiger partial charge in [-0.05, 0) is 45.7 Å². The summed E-state index contributed by atoms with van der Waals surface area (Å²) in [6.07, 6.45) is 0. The number of hydrogen-bond donors (Lipinski definition) is 1. The number of carbonyl (C=O) groups is 1. The molecule has 4 aromatic carbocycles. The zero-order valence-electron chi connectivity index (χ0n) is 19.0. The highest BCUT2D eigenvalue weighted by Gasteiger charge is 2.10. The van der Waals surface area contributed by atoms with E-state index in [1.807, 2.05) is 25.1 Å². The van der Waals surface area contributed by atoms with Crippen molar-refractivity contribution in [2.24, 2.45) is 5.10 Å². The van der Waals surface area contributed by atoms with Crippen LogP contribution in [-0.4, -0.2) is 27.6 Å². The molecular formula is C27H22N4OS3. The van der Waals surface area contributed by atoms with E-state index in [4.69, 9.17) is 0 Å². The zero-order valence-corrected chi connectivity index (χ0v) is 21.4. The molecule has 8 heteroatoms. The van der Waals surface area contributed by atoms with Crippen molar-refractivity contribution in [2.45, 2.75) is 21.4 Å². The zero-order chi connectivity index (χ0) is 24.0. The number of nitrogens with zero attached hydrogens (tertiary/aromatic N) is 3. The summed E-state index contributed by atoms with van der Waals surface area (Å²) in [5, 5.41) is 17.6. The summed E-state index contributed by atoms with van der Waals surface area (Å²) in [6.45, 7) is 1.89. The lowest BCUT2D eigenvalue weighted by Crippen LogP contribution is -2.21. The van der Waals surface area contributed by atoms with Gasteiger partial charge in [-0.3, -0.25) is 4.79 Å². The van der Waals surface area contributed by atoms with Gasteiger partial charge in [-0.1, -0.05) is 114 Å². The number of fused-ring (bicyclic) bond motifs is 2. The van der Waals surface area contributed by atoms with Gasteiger partial charge in [0, 0.05) is 5.75 Å². The molecule has 1 aromatic heterocycles. The Labute approximate surface area is 216 Å². The van der Waals surface area contributed by atoms with Crippen LogP contribution in [0.2, 0.25) is 0 Å². The minimum absolute atomic E-state index is 0.171. The molecule has 174 valence electrons. The molecule has 1 heterocycles. The average Bonchev–Trinajstić information content (AvgIpc) is 3.37. The standard InChI is InChI=1S/C27H22N4OS3/c1-18(21-14-13-19-7-2-3-9-22(19)15-21)28-29-25(32)17-34-27-31-30-26(35-27)33-16-23-11-6-10-20-8-4-5-12-24(20)23/h2-15H,16-17H2,1H3,(H,29,32)/b28-18+. The van der Waals surface area contributed by atoms with Gasteiger partial charge in [-0.15, -0.1) is 10.2 Å². The maximum Gasteiger partial charge on any atom is 0.250 e. The predicted molar refractivity (Wildman–Crippen MR) is 148 cm³/mol. The first kappa shape index (κ1) is 23.5. The fraction of sp³-hybridized carbons (Fsp3) is 0.111. The third-order valence-electron chi connectivity index (χ3n) is 5.46. The van der Waals surface area contributed by atoms with Gasteiger partial charge in [0.2, 0.25) is 0 Å². The third-order valence-corrected chi connectivity index (χ3v) is 8.70. The third kappa shape index (κ3) is 5.90. The lowest BCUT2D eigenvalue weighted by Gasteiger charge is -2.04. The van der Waals surface area contributed by atoms with E-state index in [1.54, 1.807) is 11.8 Å². The molecule has 5 aromatic rings. The molecule has 5 nitrogen and oxygen atoms in total. The normalized spacial score (nSPS) is 11.7. The van der Waals surface area contributed by atoms with Crippen LogP contribution in [0.15, 0.2) is 98.7 Å². The summed E-state index contributed by atoms with van der Waals surface area (Å²) in [4.78, 5) is 12.3. The van der Waals surface area contributed by atoms with E-state index < -0.39 is 0 Å². The molecule has 1 N–H and O–H groups in total. The summed E-state index contributed by atoms with van der Waals surface area (Å²) in [5.74, 6) is 0.886. The van der Waals surface area contributed by atoms with E-state index in [9.17, 15) is 4.79 Å². The smallest absolute Gasteiger partial charge is 0.250 e. The largest absolute Gasteiger partial charge is 0.272 e. The van der Waals surface area contributed by atoms with E-state index in [2.05, 4.69) is 87.5 Å². The molecule has 1 amide bonds. The summed E-state index contributed by atoms with van der Waals surface area (Å²) in [5.41, 5.74) is 5.67. The van der Waals surface area contributed by atoms with Crippen molar-refractivity contribution in [1.82, 2.24) is 15.6 Å². The van der Waals surface area contributed by atoms with Gasteiger partial charge < -0.3 is 0 Å². The van der Waals surface area contributed by atoms with Crippen LogP contribution < -0.4 is 5.43 Å². The topological polar surface area (TPSA) is 67.2 Å². The Kier molecular flexibility index (Phi) is 7.42. The van der Waals surface area contributed by atoms with Crippen molar-refractivity contribution in [3.63, 3.8) is 0 Å². The van der Waals surface area contributed by atoms with E-state index in [-0.39, 0.29) is 11.7 Å². The van der Waals surface area contributed by atoms with Gasteiger partial charge in [0.1, 0.15) is 0 Å². The van der Waals surface area contributed by atoms with Gasteiger partial charge in [0.15, 0.2) is 8.68 Å². The second kappa shape index (κ2) is 11.0. The van der Waals surface area contributed by atoms with Gasteiger partial charge in [-0.25, -0.2) is 5.43 Å². The lowest BCUT2D eigenvalue weighted by molar-refractivity contribution is -0.118. The number of thioether (sulfide) groups is 2.